The SMILES string of the molecule is CN1CCN(Cc2cc(F)cc(C3CC3)c2)CC1. The fraction of sp³-hybridized carbons (Fsp3) is 0.600. The summed E-state index contributed by atoms with van der Waals surface area (Å²) in [5, 5.41) is 0. The van der Waals surface area contributed by atoms with Gasteiger partial charge in [-0.1, -0.05) is 6.07 Å². The summed E-state index contributed by atoms with van der Waals surface area (Å²) >= 11 is 0. The zero-order valence-electron chi connectivity index (χ0n) is 11.0. The Morgan fingerprint density at radius 3 is 2.50 bits per heavy atom. The summed E-state index contributed by atoms with van der Waals surface area (Å²) in [6.45, 7) is 5.30. The second kappa shape index (κ2) is 4.98. The van der Waals surface area contributed by atoms with E-state index in [1.54, 1.807) is 12.1 Å². The van der Waals surface area contributed by atoms with Crippen LogP contribution in [0.25, 0.3) is 0 Å². The molecular formula is C15H21FN2. The maximum Gasteiger partial charge on any atom is 0.123 e. The number of rotatable bonds is 3. The molecule has 2 fully saturated rings. The Morgan fingerprint density at radius 1 is 1.11 bits per heavy atom. The lowest BCUT2D eigenvalue weighted by Crippen LogP contribution is -2.43. The van der Waals surface area contributed by atoms with Crippen LogP contribution in [0.15, 0.2) is 18.2 Å². The molecule has 2 aliphatic rings. The van der Waals surface area contributed by atoms with Crippen molar-refractivity contribution in [2.75, 3.05) is 33.2 Å². The van der Waals surface area contributed by atoms with Crippen molar-refractivity contribution in [3.63, 3.8) is 0 Å². The second-order valence-electron chi connectivity index (χ2n) is 5.75. The zero-order chi connectivity index (χ0) is 12.5. The summed E-state index contributed by atoms with van der Waals surface area (Å²) in [6, 6.07) is 5.62. The van der Waals surface area contributed by atoms with Gasteiger partial charge in [0.1, 0.15) is 5.82 Å². The monoisotopic (exact) mass is 248 g/mol. The van der Waals surface area contributed by atoms with Crippen molar-refractivity contribution in [1.82, 2.24) is 9.80 Å². The van der Waals surface area contributed by atoms with Crippen LogP contribution in [0.5, 0.6) is 0 Å². The van der Waals surface area contributed by atoms with Crippen molar-refractivity contribution in [2.24, 2.45) is 0 Å². The highest BCUT2D eigenvalue weighted by molar-refractivity contribution is 5.30. The highest BCUT2D eigenvalue weighted by Gasteiger charge is 2.24. The Kier molecular flexibility index (Phi) is 3.35. The fourth-order valence-electron chi connectivity index (χ4n) is 2.68. The van der Waals surface area contributed by atoms with Crippen LogP contribution in [0.2, 0.25) is 0 Å². The summed E-state index contributed by atoms with van der Waals surface area (Å²) in [6.07, 6.45) is 2.47. The molecule has 0 atom stereocenters. The van der Waals surface area contributed by atoms with Crippen LogP contribution in [0, 0.1) is 5.82 Å². The molecule has 0 bridgehead atoms. The summed E-state index contributed by atoms with van der Waals surface area (Å²) < 4.78 is 13.6. The minimum Gasteiger partial charge on any atom is -0.304 e. The number of benzene rings is 1. The van der Waals surface area contributed by atoms with Gasteiger partial charge >= 0.3 is 0 Å². The largest absolute Gasteiger partial charge is 0.304 e. The molecule has 1 aliphatic carbocycles. The molecule has 0 N–H and O–H groups in total. The molecule has 1 saturated heterocycles. The van der Waals surface area contributed by atoms with E-state index in [9.17, 15) is 4.39 Å². The zero-order valence-corrected chi connectivity index (χ0v) is 11.0. The van der Waals surface area contributed by atoms with Crippen LogP contribution in [0.3, 0.4) is 0 Å². The molecule has 0 radical (unpaired) electrons. The van der Waals surface area contributed by atoms with Gasteiger partial charge in [0.15, 0.2) is 0 Å². The Labute approximate surface area is 108 Å². The number of hydrogen-bond donors (Lipinski definition) is 0. The van der Waals surface area contributed by atoms with Crippen molar-refractivity contribution in [1.29, 1.82) is 0 Å². The van der Waals surface area contributed by atoms with E-state index in [1.807, 2.05) is 0 Å². The molecule has 1 heterocycles. The standard InChI is InChI=1S/C15H21FN2/c1-17-4-6-18(7-5-17)11-12-8-14(13-2-3-13)10-15(16)9-12/h8-10,13H,2-7,11H2,1H3. The first-order valence-electron chi connectivity index (χ1n) is 6.91. The van der Waals surface area contributed by atoms with Gasteiger partial charge in [-0.25, -0.2) is 4.39 Å². The third-order valence-electron chi connectivity index (χ3n) is 4.03. The topological polar surface area (TPSA) is 6.48 Å². The van der Waals surface area contributed by atoms with Crippen LogP contribution in [0.1, 0.15) is 29.9 Å². The lowest BCUT2D eigenvalue weighted by Gasteiger charge is -2.32. The van der Waals surface area contributed by atoms with Gasteiger partial charge < -0.3 is 4.90 Å². The summed E-state index contributed by atoms with van der Waals surface area (Å²) in [5.74, 6) is 0.565. The molecule has 1 aromatic carbocycles. The molecule has 0 amide bonds. The highest BCUT2D eigenvalue weighted by Crippen LogP contribution is 2.40. The van der Waals surface area contributed by atoms with Crippen molar-refractivity contribution in [3.8, 4) is 0 Å². The van der Waals surface area contributed by atoms with Gasteiger partial charge in [-0.15, -0.1) is 0 Å². The van der Waals surface area contributed by atoms with Crippen molar-refractivity contribution < 1.29 is 4.39 Å². The molecule has 3 rings (SSSR count). The molecule has 1 aliphatic heterocycles. The molecule has 0 aromatic heterocycles. The average Bonchev–Trinajstić information content (AvgIpc) is 3.15. The molecular weight excluding hydrogens is 227 g/mol. The van der Waals surface area contributed by atoms with Crippen LogP contribution >= 0.6 is 0 Å². The smallest absolute Gasteiger partial charge is 0.123 e. The number of halogens is 1. The molecule has 0 spiro atoms. The van der Waals surface area contributed by atoms with Crippen LogP contribution in [-0.2, 0) is 6.54 Å². The Hall–Kier alpha value is -0.930. The van der Waals surface area contributed by atoms with Gasteiger partial charge in [-0.3, -0.25) is 4.90 Å². The van der Waals surface area contributed by atoms with E-state index in [0.29, 0.717) is 5.92 Å². The average molecular weight is 248 g/mol. The fourth-order valence-corrected chi connectivity index (χ4v) is 2.68. The maximum atomic E-state index is 13.6. The van der Waals surface area contributed by atoms with Gasteiger partial charge in [0.05, 0.1) is 0 Å². The van der Waals surface area contributed by atoms with Gasteiger partial charge in [-0.2, -0.15) is 0 Å². The first-order valence-corrected chi connectivity index (χ1v) is 6.91. The minimum absolute atomic E-state index is 0.0662. The first kappa shape index (κ1) is 12.1. The second-order valence-corrected chi connectivity index (χ2v) is 5.75. The molecule has 18 heavy (non-hydrogen) atoms. The summed E-state index contributed by atoms with van der Waals surface area (Å²) in [4.78, 5) is 4.77. The lowest BCUT2D eigenvalue weighted by atomic mass is 10.1. The van der Waals surface area contributed by atoms with E-state index in [4.69, 9.17) is 0 Å². The Morgan fingerprint density at radius 2 is 1.83 bits per heavy atom. The minimum atomic E-state index is -0.0662. The Balaban J connectivity index is 1.68. The Bertz CT molecular complexity index is 421. The number of nitrogens with zero attached hydrogens (tertiary/aromatic N) is 2. The molecule has 2 nitrogen and oxygen atoms in total. The van der Waals surface area contributed by atoms with Crippen LogP contribution in [0.4, 0.5) is 4.39 Å². The molecule has 1 saturated carbocycles. The highest BCUT2D eigenvalue weighted by atomic mass is 19.1. The third-order valence-corrected chi connectivity index (χ3v) is 4.03. The van der Waals surface area contributed by atoms with Crippen molar-refractivity contribution in [2.45, 2.75) is 25.3 Å². The molecule has 0 unspecified atom stereocenters. The third kappa shape index (κ3) is 2.90. The van der Waals surface area contributed by atoms with E-state index >= 15 is 0 Å². The van der Waals surface area contributed by atoms with E-state index in [1.165, 1.54) is 18.4 Å². The molecule has 3 heteroatoms. The van der Waals surface area contributed by atoms with Gasteiger partial charge in [-0.05, 0) is 49.1 Å². The first-order chi connectivity index (χ1) is 8.70. The van der Waals surface area contributed by atoms with Gasteiger partial charge in [0.2, 0.25) is 0 Å². The normalized spacial score (nSPS) is 22.3. The predicted molar refractivity (Wildman–Crippen MR) is 71.1 cm³/mol. The van der Waals surface area contributed by atoms with Gasteiger partial charge in [0.25, 0.3) is 0 Å². The van der Waals surface area contributed by atoms with Crippen molar-refractivity contribution >= 4 is 0 Å². The van der Waals surface area contributed by atoms with Crippen LogP contribution < -0.4 is 0 Å². The summed E-state index contributed by atoms with van der Waals surface area (Å²) in [7, 11) is 2.16. The predicted octanol–water partition coefficient (Wildman–Crippen LogP) is 2.45. The maximum absolute atomic E-state index is 13.6. The van der Waals surface area contributed by atoms with E-state index in [-0.39, 0.29) is 5.82 Å². The lowest BCUT2D eigenvalue weighted by molar-refractivity contribution is 0.148. The van der Waals surface area contributed by atoms with E-state index < -0.39 is 0 Å². The number of piperazine rings is 1. The van der Waals surface area contributed by atoms with Gasteiger partial charge in [0, 0.05) is 32.7 Å². The number of hydrogen-bond acceptors (Lipinski definition) is 2. The number of likely N-dealkylation sites (N-methyl/N-ethyl adjacent to an activating group) is 1. The van der Waals surface area contributed by atoms with Crippen LogP contribution in [-0.4, -0.2) is 43.0 Å². The van der Waals surface area contributed by atoms with Crippen molar-refractivity contribution in [3.05, 3.63) is 35.1 Å². The van der Waals surface area contributed by atoms with E-state index in [2.05, 4.69) is 22.9 Å². The quantitative estimate of drug-likeness (QED) is 0.810. The van der Waals surface area contributed by atoms with E-state index in [0.717, 1.165) is 38.3 Å². The molecule has 98 valence electrons. The molecule has 1 aromatic rings. The summed E-state index contributed by atoms with van der Waals surface area (Å²) in [5.41, 5.74) is 2.35.